The molecule has 2 aliphatic rings. The Bertz CT molecular complexity index is 774. The molecule has 2 saturated heterocycles. The lowest BCUT2D eigenvalue weighted by atomic mass is 9.74. The highest BCUT2D eigenvalue weighted by molar-refractivity contribution is 5.83. The van der Waals surface area contributed by atoms with Crippen LogP contribution in [0.25, 0.3) is 11.3 Å². The Morgan fingerprint density at radius 1 is 1.16 bits per heavy atom. The maximum absolute atomic E-state index is 12.6. The zero-order valence-corrected chi connectivity index (χ0v) is 15.5. The van der Waals surface area contributed by atoms with Crippen LogP contribution < -0.4 is 5.32 Å². The number of ketones is 1. The number of rotatable bonds is 4. The third kappa shape index (κ3) is 2.85. The number of fused-ring (bicyclic) bond motifs is 2. The van der Waals surface area contributed by atoms with E-state index in [1.54, 1.807) is 0 Å². The van der Waals surface area contributed by atoms with Gasteiger partial charge in [-0.25, -0.2) is 0 Å². The third-order valence-electron chi connectivity index (χ3n) is 6.41. The molecule has 132 valence electrons. The number of carbonyl (C=O) groups excluding carboxylic acids is 1. The van der Waals surface area contributed by atoms with Crippen LogP contribution in [-0.4, -0.2) is 22.4 Å². The van der Waals surface area contributed by atoms with Crippen molar-refractivity contribution in [1.29, 1.82) is 0 Å². The van der Waals surface area contributed by atoms with Crippen LogP contribution in [0.15, 0.2) is 36.4 Å². The van der Waals surface area contributed by atoms with Gasteiger partial charge in [0.25, 0.3) is 0 Å². The average molecular weight is 336 g/mol. The largest absolute Gasteiger partial charge is 0.348 e. The number of aromatic nitrogens is 1. The van der Waals surface area contributed by atoms with Crippen LogP contribution in [-0.2, 0) is 11.8 Å². The summed E-state index contributed by atoms with van der Waals surface area (Å²) < 4.78 is 2.23. The van der Waals surface area contributed by atoms with Crippen molar-refractivity contribution < 1.29 is 4.79 Å². The van der Waals surface area contributed by atoms with Gasteiger partial charge in [-0.05, 0) is 55.4 Å². The number of hydrogen-bond acceptors (Lipinski definition) is 2. The summed E-state index contributed by atoms with van der Waals surface area (Å²) in [6, 6.07) is 14.3. The molecular weight excluding hydrogens is 308 g/mol. The molecule has 0 spiro atoms. The summed E-state index contributed by atoms with van der Waals surface area (Å²) in [6.07, 6.45) is 4.11. The van der Waals surface area contributed by atoms with Gasteiger partial charge in [0.2, 0.25) is 0 Å². The summed E-state index contributed by atoms with van der Waals surface area (Å²) in [7, 11) is 2.11. The quantitative estimate of drug-likeness (QED) is 0.908. The van der Waals surface area contributed by atoms with Crippen molar-refractivity contribution >= 4 is 5.78 Å². The molecule has 0 saturated carbocycles. The molecule has 2 aromatic rings. The molecule has 0 radical (unpaired) electrons. The van der Waals surface area contributed by atoms with Gasteiger partial charge < -0.3 is 9.88 Å². The van der Waals surface area contributed by atoms with Crippen LogP contribution in [0.5, 0.6) is 0 Å². The molecular formula is C22H28N2O. The Kier molecular flexibility index (Phi) is 4.28. The van der Waals surface area contributed by atoms with E-state index in [-0.39, 0.29) is 5.92 Å². The van der Waals surface area contributed by atoms with E-state index in [4.69, 9.17) is 0 Å². The van der Waals surface area contributed by atoms with Gasteiger partial charge in [0.15, 0.2) is 0 Å². The summed E-state index contributed by atoms with van der Waals surface area (Å²) in [5.74, 6) is 0.937. The first-order chi connectivity index (χ1) is 12.1. The molecule has 4 atom stereocenters. The number of aryl methyl sites for hydroxylation is 1. The topological polar surface area (TPSA) is 34.0 Å². The van der Waals surface area contributed by atoms with E-state index in [0.717, 1.165) is 12.8 Å². The second-order valence-corrected chi connectivity index (χ2v) is 7.78. The van der Waals surface area contributed by atoms with Crippen molar-refractivity contribution in [3.05, 3.63) is 47.7 Å². The first kappa shape index (κ1) is 16.6. The van der Waals surface area contributed by atoms with Crippen LogP contribution in [0.2, 0.25) is 0 Å². The molecule has 0 unspecified atom stereocenters. The Morgan fingerprint density at radius 2 is 1.92 bits per heavy atom. The maximum Gasteiger partial charge on any atom is 0.137 e. The highest BCUT2D eigenvalue weighted by Crippen LogP contribution is 2.43. The summed E-state index contributed by atoms with van der Waals surface area (Å²) in [6.45, 7) is 4.13. The van der Waals surface area contributed by atoms with Crippen LogP contribution >= 0.6 is 0 Å². The molecule has 1 N–H and O–H groups in total. The van der Waals surface area contributed by atoms with Crippen molar-refractivity contribution in [2.24, 2.45) is 13.0 Å². The smallest absolute Gasteiger partial charge is 0.137 e. The molecule has 1 aromatic carbocycles. The number of benzene rings is 1. The average Bonchev–Trinajstić information content (AvgIpc) is 3.17. The zero-order valence-electron chi connectivity index (χ0n) is 15.5. The number of nitrogens with one attached hydrogen (secondary N) is 1. The van der Waals surface area contributed by atoms with Gasteiger partial charge in [0.1, 0.15) is 5.78 Å². The lowest BCUT2D eigenvalue weighted by Crippen LogP contribution is -2.47. The van der Waals surface area contributed by atoms with E-state index >= 15 is 0 Å². The van der Waals surface area contributed by atoms with Crippen molar-refractivity contribution in [1.82, 2.24) is 9.88 Å². The third-order valence-corrected chi connectivity index (χ3v) is 6.41. The molecule has 4 rings (SSSR count). The van der Waals surface area contributed by atoms with Gasteiger partial charge in [0.05, 0.1) is 0 Å². The van der Waals surface area contributed by atoms with Crippen LogP contribution in [0.3, 0.4) is 0 Å². The molecule has 2 bridgehead atoms. The Morgan fingerprint density at radius 3 is 2.56 bits per heavy atom. The van der Waals surface area contributed by atoms with E-state index in [9.17, 15) is 4.79 Å². The fourth-order valence-electron chi connectivity index (χ4n) is 4.88. The monoisotopic (exact) mass is 336 g/mol. The van der Waals surface area contributed by atoms with Gasteiger partial charge in [-0.1, -0.05) is 31.2 Å². The number of Topliss-reactive ketones (excluding diaryl/α,β-unsaturated/α-hetero) is 1. The number of hydrogen-bond donors (Lipinski definition) is 1. The lowest BCUT2D eigenvalue weighted by Gasteiger charge is -2.37. The van der Waals surface area contributed by atoms with E-state index in [1.165, 1.54) is 28.9 Å². The van der Waals surface area contributed by atoms with Crippen molar-refractivity contribution in [2.75, 3.05) is 0 Å². The molecule has 2 aliphatic heterocycles. The molecule has 25 heavy (non-hydrogen) atoms. The lowest BCUT2D eigenvalue weighted by molar-refractivity contribution is -0.124. The summed E-state index contributed by atoms with van der Waals surface area (Å²) >= 11 is 0. The Labute approximate surface area is 150 Å². The second-order valence-electron chi connectivity index (χ2n) is 7.78. The van der Waals surface area contributed by atoms with E-state index < -0.39 is 0 Å². The second kappa shape index (κ2) is 6.45. The first-order valence-corrected chi connectivity index (χ1v) is 9.60. The molecule has 0 amide bonds. The summed E-state index contributed by atoms with van der Waals surface area (Å²) in [5, 5.41) is 3.68. The van der Waals surface area contributed by atoms with Crippen molar-refractivity contribution in [3.63, 3.8) is 0 Å². The van der Waals surface area contributed by atoms with Gasteiger partial charge in [-0.2, -0.15) is 0 Å². The van der Waals surface area contributed by atoms with Gasteiger partial charge in [-0.3, -0.25) is 4.79 Å². The van der Waals surface area contributed by atoms with Gasteiger partial charge in [-0.15, -0.1) is 0 Å². The van der Waals surface area contributed by atoms with E-state index in [0.29, 0.717) is 30.2 Å². The zero-order chi connectivity index (χ0) is 17.6. The summed E-state index contributed by atoms with van der Waals surface area (Å²) in [4.78, 5) is 12.6. The molecule has 3 nitrogen and oxygen atoms in total. The van der Waals surface area contributed by atoms with Crippen LogP contribution in [0.4, 0.5) is 0 Å². The highest BCUT2D eigenvalue weighted by Gasteiger charge is 2.44. The fourth-order valence-corrected chi connectivity index (χ4v) is 4.88. The predicted octanol–water partition coefficient (Wildman–Crippen LogP) is 4.20. The minimum atomic E-state index is 0.145. The van der Waals surface area contributed by atoms with Crippen LogP contribution in [0.1, 0.15) is 49.8 Å². The molecule has 0 aliphatic carbocycles. The van der Waals surface area contributed by atoms with E-state index in [1.807, 2.05) is 6.92 Å². The standard InChI is InChI=1S/C22H28N2O/c1-4-21(25)22-18(13-17-10-11-19(22)23-17)15-6-8-16(9-7-15)20-12-5-14(2)24(20)3/h5-9,12,17-19,22-23H,4,10-11,13H2,1-3H3/t17-,18+,19+,22-/m0/s1. The Balaban J connectivity index is 1.64. The first-order valence-electron chi connectivity index (χ1n) is 9.60. The highest BCUT2D eigenvalue weighted by atomic mass is 16.1. The van der Waals surface area contributed by atoms with Crippen LogP contribution in [0, 0.1) is 12.8 Å². The van der Waals surface area contributed by atoms with Crippen molar-refractivity contribution in [2.45, 2.75) is 57.5 Å². The van der Waals surface area contributed by atoms with Gasteiger partial charge in [0, 0.05) is 42.9 Å². The molecule has 2 fully saturated rings. The minimum Gasteiger partial charge on any atom is -0.348 e. The SMILES string of the molecule is CCC(=O)[C@H]1[C@@H](c2ccc(-c3ccc(C)n3C)cc2)C[C@@H]2CC[C@H]1N2. The Hall–Kier alpha value is -1.87. The number of carbonyl (C=O) groups is 1. The fraction of sp³-hybridized carbons (Fsp3) is 0.500. The number of piperidine rings is 1. The molecule has 1 aromatic heterocycles. The predicted molar refractivity (Wildman–Crippen MR) is 102 cm³/mol. The van der Waals surface area contributed by atoms with Gasteiger partial charge >= 0.3 is 0 Å². The number of nitrogens with zero attached hydrogens (tertiary/aromatic N) is 1. The minimum absolute atomic E-state index is 0.145. The maximum atomic E-state index is 12.6. The van der Waals surface area contributed by atoms with E-state index in [2.05, 4.69) is 60.3 Å². The van der Waals surface area contributed by atoms with Crippen molar-refractivity contribution in [3.8, 4) is 11.3 Å². The summed E-state index contributed by atoms with van der Waals surface area (Å²) in [5.41, 5.74) is 5.09. The molecule has 3 heteroatoms. The molecule has 3 heterocycles. The normalized spacial score (nSPS) is 28.3.